The summed E-state index contributed by atoms with van der Waals surface area (Å²) in [4.78, 5) is 34.8. The number of carbonyl (C=O) groups is 2. The second-order valence-corrected chi connectivity index (χ2v) is 7.65. The van der Waals surface area contributed by atoms with Gasteiger partial charge < -0.3 is 19.5 Å². The number of fused-ring (bicyclic) bond motifs is 1. The minimum Gasteiger partial charge on any atom is -0.375 e. The first-order valence-electron chi connectivity index (χ1n) is 9.42. The van der Waals surface area contributed by atoms with E-state index in [1.807, 2.05) is 0 Å². The molecule has 2 fully saturated rings. The Bertz CT molecular complexity index is 935. The van der Waals surface area contributed by atoms with Gasteiger partial charge >= 0.3 is 0 Å². The van der Waals surface area contributed by atoms with Gasteiger partial charge in [0.2, 0.25) is 11.8 Å². The summed E-state index contributed by atoms with van der Waals surface area (Å²) in [6, 6.07) is 2.42. The molecule has 0 unspecified atom stereocenters. The van der Waals surface area contributed by atoms with Crippen LogP contribution in [0.25, 0.3) is 0 Å². The molecule has 29 heavy (non-hydrogen) atoms. The van der Waals surface area contributed by atoms with Gasteiger partial charge in [-0.1, -0.05) is 5.16 Å². The van der Waals surface area contributed by atoms with E-state index in [2.05, 4.69) is 20.4 Å². The molecule has 3 atom stereocenters. The van der Waals surface area contributed by atoms with Crippen molar-refractivity contribution in [2.75, 3.05) is 26.8 Å². The van der Waals surface area contributed by atoms with E-state index in [9.17, 15) is 14.0 Å². The number of nitrogens with zero attached hydrogens (tertiary/aromatic N) is 4. The number of aryl methyl sites for hydroxylation is 1. The Morgan fingerprint density at radius 1 is 1.48 bits per heavy atom. The molecule has 154 valence electrons. The van der Waals surface area contributed by atoms with Crippen LogP contribution in [0.3, 0.4) is 0 Å². The SMILES string of the molecule is COCC(=O)N1C[C@@H]2C[C@@H](NC(=O)c3ncccc3F)C[C@]2(c2nc(C)no2)C1. The van der Waals surface area contributed by atoms with Gasteiger partial charge in [-0.2, -0.15) is 4.98 Å². The molecule has 1 N–H and O–H groups in total. The van der Waals surface area contributed by atoms with Crippen molar-refractivity contribution in [3.63, 3.8) is 0 Å². The number of ether oxygens (including phenoxy) is 1. The van der Waals surface area contributed by atoms with Crippen LogP contribution in [-0.4, -0.2) is 64.7 Å². The van der Waals surface area contributed by atoms with Crippen LogP contribution in [0, 0.1) is 18.7 Å². The molecule has 0 radical (unpaired) electrons. The average molecular weight is 403 g/mol. The fourth-order valence-corrected chi connectivity index (χ4v) is 4.52. The second kappa shape index (κ2) is 7.51. The highest BCUT2D eigenvalue weighted by molar-refractivity contribution is 5.92. The monoisotopic (exact) mass is 403 g/mol. The van der Waals surface area contributed by atoms with E-state index >= 15 is 0 Å². The average Bonchev–Trinajstić information content (AvgIpc) is 3.35. The zero-order chi connectivity index (χ0) is 20.6. The Morgan fingerprint density at radius 3 is 3.00 bits per heavy atom. The van der Waals surface area contributed by atoms with Crippen molar-refractivity contribution < 1.29 is 23.2 Å². The fourth-order valence-electron chi connectivity index (χ4n) is 4.52. The number of carbonyl (C=O) groups excluding carboxylic acids is 2. The lowest BCUT2D eigenvalue weighted by molar-refractivity contribution is -0.134. The number of methoxy groups -OCH3 is 1. The lowest BCUT2D eigenvalue weighted by Crippen LogP contribution is -2.40. The van der Waals surface area contributed by atoms with Crippen LogP contribution in [0.1, 0.15) is 35.0 Å². The molecule has 2 aromatic rings. The molecule has 2 amide bonds. The molecule has 0 bridgehead atoms. The van der Waals surface area contributed by atoms with Gasteiger partial charge in [0.15, 0.2) is 17.3 Å². The molecule has 1 saturated heterocycles. The summed E-state index contributed by atoms with van der Waals surface area (Å²) in [6.45, 7) is 2.66. The number of aromatic nitrogens is 3. The number of hydrogen-bond acceptors (Lipinski definition) is 7. The van der Waals surface area contributed by atoms with Gasteiger partial charge in [0, 0.05) is 32.4 Å². The zero-order valence-electron chi connectivity index (χ0n) is 16.2. The minimum atomic E-state index is -0.665. The van der Waals surface area contributed by atoms with Crippen LogP contribution in [0.4, 0.5) is 4.39 Å². The summed E-state index contributed by atoms with van der Waals surface area (Å²) in [5.41, 5.74) is -0.783. The third kappa shape index (κ3) is 3.48. The molecule has 9 nitrogen and oxygen atoms in total. The molecule has 1 aliphatic heterocycles. The first-order valence-corrected chi connectivity index (χ1v) is 9.42. The lowest BCUT2D eigenvalue weighted by atomic mass is 9.80. The van der Waals surface area contributed by atoms with E-state index < -0.39 is 17.1 Å². The van der Waals surface area contributed by atoms with Gasteiger partial charge in [0.25, 0.3) is 5.91 Å². The molecule has 2 aromatic heterocycles. The fraction of sp³-hybridized carbons (Fsp3) is 0.526. The predicted molar refractivity (Wildman–Crippen MR) is 97.3 cm³/mol. The molecule has 10 heteroatoms. The Balaban J connectivity index is 1.55. The van der Waals surface area contributed by atoms with Crippen LogP contribution in [0.2, 0.25) is 0 Å². The van der Waals surface area contributed by atoms with Gasteiger partial charge in [-0.15, -0.1) is 0 Å². The molecule has 3 heterocycles. The summed E-state index contributed by atoms with van der Waals surface area (Å²) in [7, 11) is 1.48. The molecule has 0 spiro atoms. The first-order chi connectivity index (χ1) is 13.9. The van der Waals surface area contributed by atoms with E-state index in [4.69, 9.17) is 9.26 Å². The minimum absolute atomic E-state index is 0.00474. The zero-order valence-corrected chi connectivity index (χ0v) is 16.2. The van der Waals surface area contributed by atoms with Crippen LogP contribution < -0.4 is 5.32 Å². The summed E-state index contributed by atoms with van der Waals surface area (Å²) < 4.78 is 24.3. The van der Waals surface area contributed by atoms with Gasteiger partial charge in [0.1, 0.15) is 6.61 Å². The first kappa shape index (κ1) is 19.4. The van der Waals surface area contributed by atoms with E-state index in [1.165, 1.54) is 25.4 Å². The smallest absolute Gasteiger partial charge is 0.273 e. The third-order valence-corrected chi connectivity index (χ3v) is 5.76. The van der Waals surface area contributed by atoms with Crippen LogP contribution in [0.5, 0.6) is 0 Å². The number of likely N-dealkylation sites (tertiary alicyclic amines) is 1. The summed E-state index contributed by atoms with van der Waals surface area (Å²) in [6.07, 6.45) is 2.50. The summed E-state index contributed by atoms with van der Waals surface area (Å²) in [5, 5.41) is 6.78. The number of pyridine rings is 1. The van der Waals surface area contributed by atoms with Gasteiger partial charge in [-0.3, -0.25) is 9.59 Å². The molecule has 4 rings (SSSR count). The number of hydrogen-bond donors (Lipinski definition) is 1. The number of nitrogens with one attached hydrogen (secondary N) is 1. The molecule has 0 aromatic carbocycles. The van der Waals surface area contributed by atoms with E-state index in [0.29, 0.717) is 37.6 Å². The molecular formula is C19H22FN5O4. The topological polar surface area (TPSA) is 110 Å². The van der Waals surface area contributed by atoms with Crippen molar-refractivity contribution in [3.8, 4) is 0 Å². The maximum atomic E-state index is 13.9. The van der Waals surface area contributed by atoms with Crippen molar-refractivity contribution in [1.29, 1.82) is 0 Å². The summed E-state index contributed by atoms with van der Waals surface area (Å²) in [5.74, 6) is -0.318. The number of amides is 2. The quantitative estimate of drug-likeness (QED) is 0.788. The van der Waals surface area contributed by atoms with Crippen molar-refractivity contribution in [1.82, 2.24) is 25.3 Å². The van der Waals surface area contributed by atoms with Crippen molar-refractivity contribution in [2.45, 2.75) is 31.2 Å². The van der Waals surface area contributed by atoms with Gasteiger partial charge in [-0.25, -0.2) is 9.37 Å². The van der Waals surface area contributed by atoms with Crippen LogP contribution in [0.15, 0.2) is 22.9 Å². The van der Waals surface area contributed by atoms with Crippen LogP contribution in [-0.2, 0) is 14.9 Å². The largest absolute Gasteiger partial charge is 0.375 e. The molecular weight excluding hydrogens is 381 g/mol. The maximum absolute atomic E-state index is 13.9. The highest BCUT2D eigenvalue weighted by atomic mass is 19.1. The van der Waals surface area contributed by atoms with Gasteiger partial charge in [-0.05, 0) is 37.8 Å². The number of halogens is 1. The Labute approximate surface area is 166 Å². The molecule has 2 aliphatic rings. The highest BCUT2D eigenvalue weighted by Gasteiger charge is 2.58. The maximum Gasteiger partial charge on any atom is 0.273 e. The Morgan fingerprint density at radius 2 is 2.31 bits per heavy atom. The third-order valence-electron chi connectivity index (χ3n) is 5.76. The molecule has 1 saturated carbocycles. The summed E-state index contributed by atoms with van der Waals surface area (Å²) >= 11 is 0. The lowest BCUT2D eigenvalue weighted by Gasteiger charge is -2.25. The van der Waals surface area contributed by atoms with E-state index in [-0.39, 0.29) is 30.2 Å². The molecule has 1 aliphatic carbocycles. The Kier molecular flexibility index (Phi) is 5.03. The predicted octanol–water partition coefficient (Wildman–Crippen LogP) is 0.847. The normalized spacial score (nSPS) is 25.8. The Hall–Kier alpha value is -2.88. The second-order valence-electron chi connectivity index (χ2n) is 7.65. The van der Waals surface area contributed by atoms with Crippen molar-refractivity contribution in [2.24, 2.45) is 5.92 Å². The van der Waals surface area contributed by atoms with E-state index in [1.54, 1.807) is 11.8 Å². The number of rotatable bonds is 5. The van der Waals surface area contributed by atoms with Crippen molar-refractivity contribution >= 4 is 11.8 Å². The standard InChI is InChI=1S/C19H22FN5O4/c1-11-22-18(29-24-11)19-7-13(23-17(27)16-14(20)4-3-5-21-16)6-12(19)8-25(10-19)15(26)9-28-2/h3-5,12-13H,6-10H2,1-2H3,(H,23,27)/t12-,13+,19-/m0/s1. The van der Waals surface area contributed by atoms with Crippen LogP contribution >= 0.6 is 0 Å². The van der Waals surface area contributed by atoms with Crippen molar-refractivity contribution in [3.05, 3.63) is 41.6 Å². The van der Waals surface area contributed by atoms with E-state index in [0.717, 1.165) is 0 Å². The highest BCUT2D eigenvalue weighted by Crippen LogP contribution is 2.50. The van der Waals surface area contributed by atoms with Gasteiger partial charge in [0.05, 0.1) is 5.41 Å².